The molecule has 0 amide bonds. The van der Waals surface area contributed by atoms with Crippen molar-refractivity contribution >= 4 is 23.0 Å². The van der Waals surface area contributed by atoms with Crippen LogP contribution in [0, 0.1) is 6.92 Å². The van der Waals surface area contributed by atoms with Crippen molar-refractivity contribution in [2.75, 3.05) is 5.32 Å². The van der Waals surface area contributed by atoms with Gasteiger partial charge in [0.25, 0.3) is 0 Å². The number of anilines is 1. The van der Waals surface area contributed by atoms with Crippen LogP contribution in [0.15, 0.2) is 79.1 Å². The van der Waals surface area contributed by atoms with Gasteiger partial charge in [0.15, 0.2) is 5.11 Å². The first-order valence-corrected chi connectivity index (χ1v) is 8.22. The first-order chi connectivity index (χ1) is 11.7. The van der Waals surface area contributed by atoms with Crippen molar-refractivity contribution in [3.05, 3.63) is 95.8 Å². The predicted octanol–water partition coefficient (Wildman–Crippen LogP) is 4.47. The van der Waals surface area contributed by atoms with Crippen molar-refractivity contribution in [2.24, 2.45) is 0 Å². The molecular formula is C20H19N3S. The van der Waals surface area contributed by atoms with Gasteiger partial charge in [0.2, 0.25) is 0 Å². The van der Waals surface area contributed by atoms with Crippen LogP contribution < -0.4 is 10.6 Å². The van der Waals surface area contributed by atoms with E-state index in [2.05, 4.69) is 58.9 Å². The summed E-state index contributed by atoms with van der Waals surface area (Å²) < 4.78 is 0. The molecule has 2 aromatic carbocycles. The number of benzene rings is 2. The van der Waals surface area contributed by atoms with Crippen molar-refractivity contribution in [3.8, 4) is 0 Å². The number of thiocarbonyl (C=S) groups is 1. The molecule has 0 saturated carbocycles. The highest BCUT2D eigenvalue weighted by molar-refractivity contribution is 7.80. The Kier molecular flexibility index (Phi) is 5.18. The summed E-state index contributed by atoms with van der Waals surface area (Å²) in [6.45, 7) is 2.10. The molecule has 0 saturated heterocycles. The quantitative estimate of drug-likeness (QED) is 0.691. The van der Waals surface area contributed by atoms with Gasteiger partial charge < -0.3 is 10.6 Å². The zero-order valence-electron chi connectivity index (χ0n) is 13.4. The average molecular weight is 333 g/mol. The molecule has 3 aromatic rings. The molecule has 0 unspecified atom stereocenters. The van der Waals surface area contributed by atoms with Gasteiger partial charge in [0, 0.05) is 18.1 Å². The molecule has 1 aromatic heterocycles. The van der Waals surface area contributed by atoms with Gasteiger partial charge in [-0.1, -0.05) is 60.2 Å². The lowest BCUT2D eigenvalue weighted by Crippen LogP contribution is -2.33. The van der Waals surface area contributed by atoms with E-state index in [0.29, 0.717) is 5.11 Å². The van der Waals surface area contributed by atoms with Gasteiger partial charge in [-0.2, -0.15) is 0 Å². The summed E-state index contributed by atoms with van der Waals surface area (Å²) in [5, 5.41) is 7.21. The molecule has 0 radical (unpaired) electrons. The van der Waals surface area contributed by atoms with Crippen molar-refractivity contribution in [1.29, 1.82) is 0 Å². The number of nitrogens with zero attached hydrogens (tertiary/aromatic N) is 1. The highest BCUT2D eigenvalue weighted by Crippen LogP contribution is 2.23. The van der Waals surface area contributed by atoms with Crippen LogP contribution in [0.4, 0.5) is 5.69 Å². The van der Waals surface area contributed by atoms with Gasteiger partial charge in [-0.3, -0.25) is 4.98 Å². The van der Waals surface area contributed by atoms with Gasteiger partial charge in [-0.05, 0) is 42.4 Å². The Labute approximate surface area is 147 Å². The van der Waals surface area contributed by atoms with Gasteiger partial charge in [0.05, 0.1) is 6.04 Å². The summed E-state index contributed by atoms with van der Waals surface area (Å²) in [7, 11) is 0. The van der Waals surface area contributed by atoms with Crippen LogP contribution in [0.1, 0.15) is 22.7 Å². The van der Waals surface area contributed by atoms with Crippen molar-refractivity contribution in [2.45, 2.75) is 13.0 Å². The lowest BCUT2D eigenvalue weighted by atomic mass is 9.97. The summed E-state index contributed by atoms with van der Waals surface area (Å²) in [6.07, 6.45) is 3.47. The van der Waals surface area contributed by atoms with Crippen LogP contribution in [-0.4, -0.2) is 10.1 Å². The van der Waals surface area contributed by atoms with Crippen LogP contribution in [0.2, 0.25) is 0 Å². The minimum atomic E-state index is -0.00654. The first-order valence-electron chi connectivity index (χ1n) is 7.81. The molecule has 4 heteroatoms. The molecule has 0 aliphatic heterocycles. The lowest BCUT2D eigenvalue weighted by Gasteiger charge is -2.22. The standard InChI is InChI=1S/C20H19N3S/c1-15-6-5-9-17(14-15)19(16-7-3-2-4-8-16)23-20(24)22-18-10-12-21-13-11-18/h2-14,19H,1H3,(H2,21,22,23,24)/t19-/m0/s1. The Morgan fingerprint density at radius 2 is 1.62 bits per heavy atom. The minimum absolute atomic E-state index is 0.00654. The molecule has 120 valence electrons. The van der Waals surface area contributed by atoms with Gasteiger partial charge in [0.1, 0.15) is 0 Å². The van der Waals surface area contributed by atoms with E-state index in [9.17, 15) is 0 Å². The second-order valence-corrected chi connectivity index (χ2v) is 6.00. The number of nitrogens with one attached hydrogen (secondary N) is 2. The monoisotopic (exact) mass is 333 g/mol. The molecule has 3 rings (SSSR count). The zero-order valence-corrected chi connectivity index (χ0v) is 14.3. The van der Waals surface area contributed by atoms with Crippen LogP contribution >= 0.6 is 12.2 Å². The third kappa shape index (κ3) is 4.18. The fraction of sp³-hybridized carbons (Fsp3) is 0.100. The average Bonchev–Trinajstić information content (AvgIpc) is 2.61. The van der Waals surface area contributed by atoms with E-state index in [1.165, 1.54) is 16.7 Å². The lowest BCUT2D eigenvalue weighted by molar-refractivity contribution is 0.767. The molecule has 2 N–H and O–H groups in total. The Hall–Kier alpha value is -2.72. The van der Waals surface area contributed by atoms with E-state index in [0.717, 1.165) is 5.69 Å². The number of hydrogen-bond acceptors (Lipinski definition) is 2. The molecule has 0 aliphatic rings. The van der Waals surface area contributed by atoms with E-state index in [4.69, 9.17) is 12.2 Å². The fourth-order valence-corrected chi connectivity index (χ4v) is 2.82. The SMILES string of the molecule is Cc1cccc([C@@H](NC(=S)Nc2ccncc2)c2ccccc2)c1. The van der Waals surface area contributed by atoms with E-state index < -0.39 is 0 Å². The van der Waals surface area contributed by atoms with Gasteiger partial charge in [-0.25, -0.2) is 0 Å². The molecule has 3 nitrogen and oxygen atoms in total. The maximum Gasteiger partial charge on any atom is 0.171 e. The van der Waals surface area contributed by atoms with Crippen molar-refractivity contribution < 1.29 is 0 Å². The molecular weight excluding hydrogens is 314 g/mol. The van der Waals surface area contributed by atoms with E-state index in [-0.39, 0.29) is 6.04 Å². The van der Waals surface area contributed by atoms with Crippen LogP contribution in [0.25, 0.3) is 0 Å². The molecule has 1 heterocycles. The molecule has 0 fully saturated rings. The van der Waals surface area contributed by atoms with Crippen LogP contribution in [-0.2, 0) is 0 Å². The van der Waals surface area contributed by atoms with Crippen LogP contribution in [0.5, 0.6) is 0 Å². The van der Waals surface area contributed by atoms with E-state index in [1.807, 2.05) is 30.3 Å². The molecule has 24 heavy (non-hydrogen) atoms. The number of aromatic nitrogens is 1. The Morgan fingerprint density at radius 3 is 2.33 bits per heavy atom. The van der Waals surface area contributed by atoms with Crippen LogP contribution in [0.3, 0.4) is 0 Å². The first kappa shape index (κ1) is 16.1. The summed E-state index contributed by atoms with van der Waals surface area (Å²) in [5.74, 6) is 0. The van der Waals surface area contributed by atoms with Gasteiger partial charge in [-0.15, -0.1) is 0 Å². The van der Waals surface area contributed by atoms with Crippen molar-refractivity contribution in [1.82, 2.24) is 10.3 Å². The maximum atomic E-state index is 5.50. The Morgan fingerprint density at radius 1 is 0.917 bits per heavy atom. The molecule has 0 bridgehead atoms. The molecule has 0 aliphatic carbocycles. The molecule has 1 atom stereocenters. The van der Waals surface area contributed by atoms with Crippen molar-refractivity contribution in [3.63, 3.8) is 0 Å². The highest BCUT2D eigenvalue weighted by Gasteiger charge is 2.15. The summed E-state index contributed by atoms with van der Waals surface area (Å²) in [6, 6.07) is 22.5. The zero-order chi connectivity index (χ0) is 16.8. The van der Waals surface area contributed by atoms with E-state index in [1.54, 1.807) is 12.4 Å². The number of aryl methyl sites for hydroxylation is 1. The molecule has 0 spiro atoms. The normalized spacial score (nSPS) is 11.5. The highest BCUT2D eigenvalue weighted by atomic mass is 32.1. The fourth-order valence-electron chi connectivity index (χ4n) is 2.59. The number of rotatable bonds is 4. The summed E-state index contributed by atoms with van der Waals surface area (Å²) in [5.41, 5.74) is 4.49. The minimum Gasteiger partial charge on any atom is -0.352 e. The number of hydrogen-bond donors (Lipinski definition) is 2. The van der Waals surface area contributed by atoms with Gasteiger partial charge >= 0.3 is 0 Å². The number of pyridine rings is 1. The smallest absolute Gasteiger partial charge is 0.171 e. The summed E-state index contributed by atoms with van der Waals surface area (Å²) >= 11 is 5.50. The second-order valence-electron chi connectivity index (χ2n) is 5.59. The second kappa shape index (κ2) is 7.70. The largest absolute Gasteiger partial charge is 0.352 e. The Bertz CT molecular complexity index is 803. The third-order valence-electron chi connectivity index (χ3n) is 3.72. The van der Waals surface area contributed by atoms with E-state index >= 15 is 0 Å². The Balaban J connectivity index is 1.84. The third-order valence-corrected chi connectivity index (χ3v) is 3.94. The predicted molar refractivity (Wildman–Crippen MR) is 103 cm³/mol. The topological polar surface area (TPSA) is 37.0 Å². The maximum absolute atomic E-state index is 5.50. The summed E-state index contributed by atoms with van der Waals surface area (Å²) in [4.78, 5) is 4.01.